The van der Waals surface area contributed by atoms with E-state index in [0.29, 0.717) is 24.3 Å². The maximum atomic E-state index is 14.5. The largest absolute Gasteiger partial charge is 0.475 e. The molecule has 1 amide bonds. The Morgan fingerprint density at radius 2 is 1.68 bits per heavy atom. The van der Waals surface area contributed by atoms with Crippen LogP contribution in [0.5, 0.6) is 5.88 Å². The minimum atomic E-state index is -4.17. The summed E-state index contributed by atoms with van der Waals surface area (Å²) in [7, 11) is -4.17. The smallest absolute Gasteiger partial charge is 0.264 e. The van der Waals surface area contributed by atoms with Crippen molar-refractivity contribution in [2.24, 2.45) is 5.41 Å². The van der Waals surface area contributed by atoms with Crippen molar-refractivity contribution in [3.05, 3.63) is 114 Å². The fraction of sp³-hybridized carbons (Fsp3) is 0.278. The van der Waals surface area contributed by atoms with E-state index in [1.54, 1.807) is 34.0 Å². The van der Waals surface area contributed by atoms with Gasteiger partial charge in [-0.3, -0.25) is 14.4 Å². The number of nitrogens with zero attached hydrogens (tertiary/aromatic N) is 5. The fourth-order valence-corrected chi connectivity index (χ4v) is 6.94. The number of nitrogens with one attached hydrogen (secondary N) is 1. The van der Waals surface area contributed by atoms with Crippen LogP contribution >= 0.6 is 0 Å². The number of benzene rings is 3. The van der Waals surface area contributed by atoms with Crippen molar-refractivity contribution in [1.82, 2.24) is 19.7 Å². The van der Waals surface area contributed by atoms with Crippen LogP contribution in [0.25, 0.3) is 11.3 Å². The van der Waals surface area contributed by atoms with E-state index >= 15 is 0 Å². The molecular formula is C36H40N6O4S. The molecule has 5 aromatic rings. The number of amides is 1. The second-order valence-electron chi connectivity index (χ2n) is 13.1. The Balaban J connectivity index is 0.00000451. The monoisotopic (exact) mass is 652 g/mol. The molecule has 3 heterocycles. The molecule has 0 radical (unpaired) electrons. The zero-order valence-electron chi connectivity index (χ0n) is 27.1. The lowest BCUT2D eigenvalue weighted by atomic mass is 9.87. The summed E-state index contributed by atoms with van der Waals surface area (Å²) in [6.45, 7) is 10.9. The summed E-state index contributed by atoms with van der Waals surface area (Å²) in [5.74, 6) is -0.303. The predicted molar refractivity (Wildman–Crippen MR) is 184 cm³/mol. The lowest BCUT2D eigenvalue weighted by molar-refractivity contribution is 0.0955. The van der Waals surface area contributed by atoms with E-state index in [9.17, 15) is 13.2 Å². The summed E-state index contributed by atoms with van der Waals surface area (Å²) in [6.07, 6.45) is 4.07. The number of ether oxygens (including phenoxy) is 1. The van der Waals surface area contributed by atoms with E-state index in [1.807, 2.05) is 68.6 Å². The van der Waals surface area contributed by atoms with Gasteiger partial charge in [0.1, 0.15) is 6.61 Å². The minimum Gasteiger partial charge on any atom is -0.475 e. The number of fused-ring (bicyclic) bond motifs is 4. The number of carbonyl (C=O) groups excluding carboxylic acids is 1. The van der Waals surface area contributed by atoms with Crippen LogP contribution in [0.3, 0.4) is 0 Å². The van der Waals surface area contributed by atoms with Crippen molar-refractivity contribution in [3.8, 4) is 17.1 Å². The molecule has 0 saturated heterocycles. The second kappa shape index (κ2) is 12.6. The van der Waals surface area contributed by atoms with E-state index < -0.39 is 16.1 Å². The lowest BCUT2D eigenvalue weighted by Gasteiger charge is -2.35. The summed E-state index contributed by atoms with van der Waals surface area (Å²) >= 11 is 0. The van der Waals surface area contributed by atoms with Gasteiger partial charge in [0, 0.05) is 24.8 Å². The molecule has 1 atom stereocenters. The van der Waals surface area contributed by atoms with Gasteiger partial charge in [-0.15, -0.1) is 0 Å². The van der Waals surface area contributed by atoms with Gasteiger partial charge in [0.05, 0.1) is 35.1 Å². The van der Waals surface area contributed by atoms with Crippen LogP contribution in [0.4, 0.5) is 11.6 Å². The molecule has 0 saturated carbocycles. The highest BCUT2D eigenvalue weighted by Gasteiger charge is 2.33. The van der Waals surface area contributed by atoms with Crippen LogP contribution in [0.1, 0.15) is 55.7 Å². The SMILES string of the molecule is Cc1cccc(C)c1-c1cc2nc(n1)NS(=O)(=O)c1cccc(c1)C(=O)N(c1cnn(Cc3ccccc3)c1)[C@H](CC(C)(C)C)CO2.[HH]. The van der Waals surface area contributed by atoms with Gasteiger partial charge in [-0.1, -0.05) is 75.4 Å². The number of hydrogen-bond acceptors (Lipinski definition) is 7. The van der Waals surface area contributed by atoms with Crippen LogP contribution in [0.15, 0.2) is 96.2 Å². The average Bonchev–Trinajstić information content (AvgIpc) is 3.46. The van der Waals surface area contributed by atoms with E-state index in [2.05, 4.69) is 40.6 Å². The highest BCUT2D eigenvalue weighted by atomic mass is 32.2. The molecular weight excluding hydrogens is 613 g/mol. The van der Waals surface area contributed by atoms with Gasteiger partial charge in [0.25, 0.3) is 15.9 Å². The molecule has 1 aliphatic rings. The molecule has 47 heavy (non-hydrogen) atoms. The Morgan fingerprint density at radius 1 is 0.957 bits per heavy atom. The first-order chi connectivity index (χ1) is 22.4. The highest BCUT2D eigenvalue weighted by Crippen LogP contribution is 2.33. The number of anilines is 2. The van der Waals surface area contributed by atoms with Crippen LogP contribution in [0, 0.1) is 19.3 Å². The molecule has 244 valence electrons. The predicted octanol–water partition coefficient (Wildman–Crippen LogP) is 6.90. The van der Waals surface area contributed by atoms with E-state index in [0.717, 1.165) is 22.3 Å². The van der Waals surface area contributed by atoms with Crippen LogP contribution in [0.2, 0.25) is 0 Å². The third-order valence-electron chi connectivity index (χ3n) is 8.00. The van der Waals surface area contributed by atoms with Crippen LogP contribution in [-0.2, 0) is 16.6 Å². The molecule has 4 bridgehead atoms. The maximum Gasteiger partial charge on any atom is 0.264 e. The van der Waals surface area contributed by atoms with Crippen LogP contribution in [-0.4, -0.2) is 46.7 Å². The third-order valence-corrected chi connectivity index (χ3v) is 9.32. The topological polar surface area (TPSA) is 119 Å². The Bertz CT molecular complexity index is 2020. The summed E-state index contributed by atoms with van der Waals surface area (Å²) < 4.78 is 38.0. The number of aromatic nitrogens is 4. The number of hydrogen-bond donors (Lipinski definition) is 1. The van der Waals surface area contributed by atoms with Crippen molar-refractivity contribution in [3.63, 3.8) is 0 Å². The normalized spacial score (nSPS) is 16.3. The zero-order valence-corrected chi connectivity index (χ0v) is 28.0. The lowest BCUT2D eigenvalue weighted by Crippen LogP contribution is -2.46. The number of carbonyl (C=O) groups is 1. The first-order valence-electron chi connectivity index (χ1n) is 15.5. The van der Waals surface area contributed by atoms with Crippen molar-refractivity contribution >= 4 is 27.6 Å². The molecule has 3 aromatic carbocycles. The van der Waals surface area contributed by atoms with Gasteiger partial charge in [-0.05, 0) is 60.6 Å². The average molecular weight is 653 g/mol. The first-order valence-corrected chi connectivity index (χ1v) is 17.0. The molecule has 0 aliphatic carbocycles. The Morgan fingerprint density at radius 3 is 2.40 bits per heavy atom. The molecule has 1 N–H and O–H groups in total. The van der Waals surface area contributed by atoms with Gasteiger partial charge in [-0.25, -0.2) is 18.1 Å². The highest BCUT2D eigenvalue weighted by molar-refractivity contribution is 7.92. The Labute approximate surface area is 277 Å². The molecule has 1 aliphatic heterocycles. The number of sulfonamides is 1. The minimum absolute atomic E-state index is 0. The first kappa shape index (κ1) is 31.9. The van der Waals surface area contributed by atoms with Crippen molar-refractivity contribution in [2.45, 2.75) is 58.5 Å². The third kappa shape index (κ3) is 7.20. The van der Waals surface area contributed by atoms with E-state index in [4.69, 9.17) is 4.74 Å². The summed E-state index contributed by atoms with van der Waals surface area (Å²) in [6, 6.07) is 23.1. The Hall–Kier alpha value is -5.03. The van der Waals surface area contributed by atoms with Gasteiger partial charge in [0.2, 0.25) is 11.8 Å². The van der Waals surface area contributed by atoms with E-state index in [1.165, 1.54) is 12.1 Å². The van der Waals surface area contributed by atoms with Gasteiger partial charge >= 0.3 is 0 Å². The Kier molecular flexibility index (Phi) is 8.59. The molecule has 10 nitrogen and oxygen atoms in total. The second-order valence-corrected chi connectivity index (χ2v) is 14.8. The summed E-state index contributed by atoms with van der Waals surface area (Å²) in [4.78, 5) is 25.1. The molecule has 0 fully saturated rings. The number of rotatable bonds is 5. The van der Waals surface area contributed by atoms with Crippen LogP contribution < -0.4 is 14.4 Å². The molecule has 6 rings (SSSR count). The molecule has 11 heteroatoms. The van der Waals surface area contributed by atoms with Crippen molar-refractivity contribution in [2.75, 3.05) is 16.2 Å². The maximum absolute atomic E-state index is 14.5. The van der Waals surface area contributed by atoms with Crippen molar-refractivity contribution in [1.29, 1.82) is 0 Å². The number of aryl methyl sites for hydroxylation is 2. The van der Waals surface area contributed by atoms with Gasteiger partial charge < -0.3 is 4.74 Å². The van der Waals surface area contributed by atoms with E-state index in [-0.39, 0.29) is 41.6 Å². The fourth-order valence-electron chi connectivity index (χ4n) is 5.95. The van der Waals surface area contributed by atoms with Crippen molar-refractivity contribution < 1.29 is 19.4 Å². The molecule has 2 aromatic heterocycles. The summed E-state index contributed by atoms with van der Waals surface area (Å²) in [5, 5.41) is 4.59. The molecule has 0 spiro atoms. The van der Waals surface area contributed by atoms with Gasteiger partial charge in [0.15, 0.2) is 0 Å². The van der Waals surface area contributed by atoms with Gasteiger partial charge in [-0.2, -0.15) is 10.1 Å². The molecule has 0 unspecified atom stereocenters. The summed E-state index contributed by atoms with van der Waals surface area (Å²) in [5.41, 5.74) is 4.99. The zero-order chi connectivity index (χ0) is 33.3. The quantitative estimate of drug-likeness (QED) is 0.219. The standard InChI is InChI=1S/C36H38N6O4S.H2/c1-24-11-9-12-25(2)33(24)31-18-32-39-35(38-31)40-47(44,45)30-16-10-15-27(17-30)34(43)42(28(23-46-32)19-36(3,4)5)29-20-37-41(22-29)21-26-13-7-6-8-14-26;/h6-18,20,22,28H,19,21,23H2,1-5H3,(H,38,39,40);1H/t28-;/m1./s1.